The molecular formula is C13H27NO. The van der Waals surface area contributed by atoms with Gasteiger partial charge in [0.25, 0.3) is 0 Å². The van der Waals surface area contributed by atoms with Crippen LogP contribution in [-0.4, -0.2) is 18.2 Å². The number of ether oxygens (including phenoxy) is 1. The summed E-state index contributed by atoms with van der Waals surface area (Å²) in [7, 11) is 0. The molecule has 0 spiro atoms. The Labute approximate surface area is 94.6 Å². The standard InChI is InChI=1S/C13H27NO/c1-8(2)6-7-12(14)13-9(3)10(4)15-11(13)5/h8-13H,6-7,14H2,1-5H3. The molecule has 1 fully saturated rings. The van der Waals surface area contributed by atoms with E-state index >= 15 is 0 Å². The molecule has 0 saturated carbocycles. The van der Waals surface area contributed by atoms with Crippen molar-refractivity contribution >= 4 is 0 Å². The van der Waals surface area contributed by atoms with Crippen molar-refractivity contribution in [3.05, 3.63) is 0 Å². The molecule has 2 nitrogen and oxygen atoms in total. The fourth-order valence-electron chi connectivity index (χ4n) is 2.75. The van der Waals surface area contributed by atoms with Crippen LogP contribution in [0.3, 0.4) is 0 Å². The second kappa shape index (κ2) is 5.31. The fraction of sp³-hybridized carbons (Fsp3) is 1.00. The van der Waals surface area contributed by atoms with Crippen molar-refractivity contribution in [2.24, 2.45) is 23.5 Å². The van der Waals surface area contributed by atoms with E-state index in [4.69, 9.17) is 10.5 Å². The van der Waals surface area contributed by atoms with Gasteiger partial charge in [-0.05, 0) is 38.5 Å². The van der Waals surface area contributed by atoms with Crippen molar-refractivity contribution in [2.75, 3.05) is 0 Å². The molecule has 0 bridgehead atoms. The maximum Gasteiger partial charge on any atom is 0.0597 e. The summed E-state index contributed by atoms with van der Waals surface area (Å²) in [6.07, 6.45) is 3.06. The van der Waals surface area contributed by atoms with Crippen LogP contribution in [0.25, 0.3) is 0 Å². The third-order valence-corrected chi connectivity index (χ3v) is 3.89. The van der Waals surface area contributed by atoms with Gasteiger partial charge in [-0.1, -0.05) is 20.8 Å². The summed E-state index contributed by atoms with van der Waals surface area (Å²) in [6.45, 7) is 11.1. The summed E-state index contributed by atoms with van der Waals surface area (Å²) in [4.78, 5) is 0. The Balaban J connectivity index is 2.47. The van der Waals surface area contributed by atoms with Crippen LogP contribution >= 0.6 is 0 Å². The first kappa shape index (κ1) is 13.0. The second-order valence-corrected chi connectivity index (χ2v) is 5.62. The Hall–Kier alpha value is -0.0800. The average Bonchev–Trinajstić information content (AvgIpc) is 2.37. The smallest absolute Gasteiger partial charge is 0.0597 e. The Bertz CT molecular complexity index is 193. The van der Waals surface area contributed by atoms with Crippen LogP contribution in [0, 0.1) is 17.8 Å². The predicted octanol–water partition coefficient (Wildman–Crippen LogP) is 2.81. The monoisotopic (exact) mass is 213 g/mol. The van der Waals surface area contributed by atoms with Crippen LogP contribution in [0.4, 0.5) is 0 Å². The van der Waals surface area contributed by atoms with E-state index in [0.717, 1.165) is 12.3 Å². The maximum absolute atomic E-state index is 6.29. The molecule has 2 N–H and O–H groups in total. The highest BCUT2D eigenvalue weighted by Gasteiger charge is 2.39. The minimum absolute atomic E-state index is 0.308. The third-order valence-electron chi connectivity index (χ3n) is 3.89. The minimum atomic E-state index is 0.308. The van der Waals surface area contributed by atoms with Crippen molar-refractivity contribution in [1.29, 1.82) is 0 Å². The zero-order chi connectivity index (χ0) is 11.6. The molecule has 90 valence electrons. The summed E-state index contributed by atoms with van der Waals surface area (Å²) in [5, 5.41) is 0. The molecule has 5 atom stereocenters. The zero-order valence-electron chi connectivity index (χ0n) is 10.9. The van der Waals surface area contributed by atoms with E-state index in [1.54, 1.807) is 0 Å². The van der Waals surface area contributed by atoms with E-state index in [9.17, 15) is 0 Å². The first-order valence-corrected chi connectivity index (χ1v) is 6.34. The molecule has 1 heterocycles. The minimum Gasteiger partial charge on any atom is -0.375 e. The molecule has 0 aromatic rings. The van der Waals surface area contributed by atoms with Crippen molar-refractivity contribution in [2.45, 2.75) is 65.7 Å². The second-order valence-electron chi connectivity index (χ2n) is 5.62. The van der Waals surface area contributed by atoms with Crippen molar-refractivity contribution < 1.29 is 4.74 Å². The van der Waals surface area contributed by atoms with E-state index in [1.807, 2.05) is 0 Å². The number of hydrogen-bond donors (Lipinski definition) is 1. The molecule has 1 rings (SSSR count). The van der Waals surface area contributed by atoms with Crippen LogP contribution in [0.1, 0.15) is 47.5 Å². The van der Waals surface area contributed by atoms with Gasteiger partial charge in [-0.3, -0.25) is 0 Å². The molecule has 2 heteroatoms. The molecule has 15 heavy (non-hydrogen) atoms. The van der Waals surface area contributed by atoms with E-state index in [0.29, 0.717) is 30.1 Å². The molecule has 0 aromatic carbocycles. The van der Waals surface area contributed by atoms with E-state index < -0.39 is 0 Å². The van der Waals surface area contributed by atoms with Crippen molar-refractivity contribution in [1.82, 2.24) is 0 Å². The Morgan fingerprint density at radius 2 is 1.67 bits per heavy atom. The lowest BCUT2D eigenvalue weighted by Crippen LogP contribution is -2.37. The lowest BCUT2D eigenvalue weighted by molar-refractivity contribution is 0.0485. The zero-order valence-corrected chi connectivity index (χ0v) is 10.9. The van der Waals surface area contributed by atoms with E-state index in [1.165, 1.54) is 6.42 Å². The van der Waals surface area contributed by atoms with Gasteiger partial charge in [0.05, 0.1) is 12.2 Å². The highest BCUT2D eigenvalue weighted by molar-refractivity contribution is 4.90. The lowest BCUT2D eigenvalue weighted by Gasteiger charge is -2.26. The summed E-state index contributed by atoms with van der Waals surface area (Å²) in [6, 6.07) is 0.308. The highest BCUT2D eigenvalue weighted by atomic mass is 16.5. The van der Waals surface area contributed by atoms with Gasteiger partial charge in [0.15, 0.2) is 0 Å². The highest BCUT2D eigenvalue weighted by Crippen LogP contribution is 2.35. The van der Waals surface area contributed by atoms with Gasteiger partial charge in [-0.2, -0.15) is 0 Å². The van der Waals surface area contributed by atoms with Gasteiger partial charge in [0.2, 0.25) is 0 Å². The van der Waals surface area contributed by atoms with Crippen LogP contribution in [0.2, 0.25) is 0 Å². The molecule has 5 unspecified atom stereocenters. The molecule has 1 aliphatic heterocycles. The molecule has 0 amide bonds. The molecule has 0 radical (unpaired) electrons. The molecule has 1 aliphatic rings. The van der Waals surface area contributed by atoms with Crippen LogP contribution in [-0.2, 0) is 4.74 Å². The Morgan fingerprint density at radius 3 is 2.07 bits per heavy atom. The molecule has 0 aliphatic carbocycles. The molecule has 0 aromatic heterocycles. The van der Waals surface area contributed by atoms with Gasteiger partial charge in [0, 0.05) is 12.0 Å². The lowest BCUT2D eigenvalue weighted by atomic mass is 9.81. The summed E-state index contributed by atoms with van der Waals surface area (Å²) < 4.78 is 5.83. The third kappa shape index (κ3) is 3.18. The first-order valence-electron chi connectivity index (χ1n) is 6.34. The summed E-state index contributed by atoms with van der Waals surface area (Å²) in [5.74, 6) is 1.89. The average molecular weight is 213 g/mol. The van der Waals surface area contributed by atoms with Gasteiger partial charge < -0.3 is 10.5 Å². The van der Waals surface area contributed by atoms with Crippen LogP contribution in [0.5, 0.6) is 0 Å². The van der Waals surface area contributed by atoms with Crippen LogP contribution in [0.15, 0.2) is 0 Å². The topological polar surface area (TPSA) is 35.2 Å². The van der Waals surface area contributed by atoms with Gasteiger partial charge >= 0.3 is 0 Å². The first-order chi connectivity index (χ1) is 6.93. The fourth-order valence-corrected chi connectivity index (χ4v) is 2.75. The molecule has 1 saturated heterocycles. The van der Waals surface area contributed by atoms with Crippen molar-refractivity contribution in [3.63, 3.8) is 0 Å². The van der Waals surface area contributed by atoms with Gasteiger partial charge in [-0.25, -0.2) is 0 Å². The van der Waals surface area contributed by atoms with E-state index in [2.05, 4.69) is 34.6 Å². The summed E-state index contributed by atoms with van der Waals surface area (Å²) in [5.41, 5.74) is 6.29. The Morgan fingerprint density at radius 1 is 1.07 bits per heavy atom. The number of rotatable bonds is 4. The van der Waals surface area contributed by atoms with Gasteiger partial charge in [0.1, 0.15) is 0 Å². The van der Waals surface area contributed by atoms with Crippen LogP contribution < -0.4 is 5.73 Å². The van der Waals surface area contributed by atoms with E-state index in [-0.39, 0.29) is 0 Å². The van der Waals surface area contributed by atoms with Crippen molar-refractivity contribution in [3.8, 4) is 0 Å². The molecular weight excluding hydrogens is 186 g/mol. The maximum atomic E-state index is 6.29. The summed E-state index contributed by atoms with van der Waals surface area (Å²) >= 11 is 0. The predicted molar refractivity (Wildman–Crippen MR) is 64.7 cm³/mol. The SMILES string of the molecule is CC(C)CCC(N)C1C(C)OC(C)C1C. The number of hydrogen-bond acceptors (Lipinski definition) is 2. The Kier molecular flexibility index (Phi) is 4.60. The number of nitrogens with two attached hydrogens (primary N) is 1. The normalized spacial score (nSPS) is 38.6. The largest absolute Gasteiger partial charge is 0.375 e. The van der Waals surface area contributed by atoms with Gasteiger partial charge in [-0.15, -0.1) is 0 Å². The quantitative estimate of drug-likeness (QED) is 0.779.